The normalized spacial score (nSPS) is 13.9. The van der Waals surface area contributed by atoms with Gasteiger partial charge in [0, 0.05) is 21.3 Å². The zero-order valence-electron chi connectivity index (χ0n) is 20.5. The molecule has 0 unspecified atom stereocenters. The summed E-state index contributed by atoms with van der Waals surface area (Å²) in [5.74, 6) is -1.39. The number of rotatable bonds is 5. The Balaban J connectivity index is 1.51. The predicted molar refractivity (Wildman–Crippen MR) is 147 cm³/mol. The summed E-state index contributed by atoms with van der Waals surface area (Å²) in [5.41, 5.74) is 2.65. The quantitative estimate of drug-likeness (QED) is 0.203. The predicted octanol–water partition coefficient (Wildman–Crippen LogP) is 7.25. The molecule has 9 heteroatoms. The van der Waals surface area contributed by atoms with Crippen LogP contribution in [0.1, 0.15) is 42.3 Å². The lowest BCUT2D eigenvalue weighted by atomic mass is 9.85. The SMILES string of the molecule is Cc1ccc(OC(=O)c2ccc(NC3=C(Cl)C(=O)N(c4cc(Cl)cc(Cl)c4)C3=O)cc2)c(C(C)(C)C)c1. The van der Waals surface area contributed by atoms with Crippen LogP contribution in [0, 0.1) is 6.92 Å². The Morgan fingerprint density at radius 1 is 0.865 bits per heavy atom. The number of ether oxygens (including phenoxy) is 1. The Labute approximate surface area is 229 Å². The first-order valence-electron chi connectivity index (χ1n) is 11.3. The topological polar surface area (TPSA) is 75.7 Å². The van der Waals surface area contributed by atoms with Crippen LogP contribution >= 0.6 is 34.8 Å². The maximum Gasteiger partial charge on any atom is 0.343 e. The number of nitrogens with zero attached hydrogens (tertiary/aromatic N) is 1. The lowest BCUT2D eigenvalue weighted by Gasteiger charge is -2.22. The highest BCUT2D eigenvalue weighted by atomic mass is 35.5. The fourth-order valence-electron chi connectivity index (χ4n) is 3.83. The number of imide groups is 1. The Kier molecular flexibility index (Phi) is 7.38. The summed E-state index contributed by atoms with van der Waals surface area (Å²) < 4.78 is 5.70. The van der Waals surface area contributed by atoms with Gasteiger partial charge in [-0.2, -0.15) is 0 Å². The van der Waals surface area contributed by atoms with Gasteiger partial charge < -0.3 is 10.1 Å². The molecule has 0 fully saturated rings. The van der Waals surface area contributed by atoms with Crippen molar-refractivity contribution in [3.8, 4) is 5.75 Å². The summed E-state index contributed by atoms with van der Waals surface area (Å²) in [6.45, 7) is 8.14. The van der Waals surface area contributed by atoms with Gasteiger partial charge in [0.2, 0.25) is 0 Å². The number of amides is 2. The highest BCUT2D eigenvalue weighted by Crippen LogP contribution is 2.34. The first-order chi connectivity index (χ1) is 17.3. The van der Waals surface area contributed by atoms with E-state index in [1.807, 2.05) is 19.1 Å². The van der Waals surface area contributed by atoms with Crippen molar-refractivity contribution in [2.24, 2.45) is 0 Å². The Bertz CT molecular complexity index is 1440. The van der Waals surface area contributed by atoms with Gasteiger partial charge in [0.25, 0.3) is 11.8 Å². The van der Waals surface area contributed by atoms with E-state index in [1.165, 1.54) is 18.2 Å². The van der Waals surface area contributed by atoms with Gasteiger partial charge in [-0.25, -0.2) is 9.69 Å². The molecule has 1 aliphatic heterocycles. The summed E-state index contributed by atoms with van der Waals surface area (Å²) in [7, 11) is 0. The lowest BCUT2D eigenvalue weighted by molar-refractivity contribution is -0.120. The first kappa shape index (κ1) is 26.7. The highest BCUT2D eigenvalue weighted by Gasteiger charge is 2.39. The molecule has 1 aliphatic rings. The lowest BCUT2D eigenvalue weighted by Crippen LogP contribution is -2.32. The first-order valence-corrected chi connectivity index (χ1v) is 12.4. The van der Waals surface area contributed by atoms with Crippen LogP contribution in [0.3, 0.4) is 0 Å². The van der Waals surface area contributed by atoms with E-state index in [2.05, 4.69) is 26.1 Å². The molecule has 1 N–H and O–H groups in total. The number of carbonyl (C=O) groups is 3. The monoisotopic (exact) mass is 556 g/mol. The fourth-order valence-corrected chi connectivity index (χ4v) is 4.55. The van der Waals surface area contributed by atoms with Crippen molar-refractivity contribution in [3.63, 3.8) is 0 Å². The third-order valence-electron chi connectivity index (χ3n) is 5.67. The number of halogens is 3. The van der Waals surface area contributed by atoms with E-state index >= 15 is 0 Å². The van der Waals surface area contributed by atoms with Gasteiger partial charge in [0.15, 0.2) is 0 Å². The van der Waals surface area contributed by atoms with E-state index in [0.717, 1.165) is 16.0 Å². The standard InChI is InChI=1S/C28H23Cl3N2O4/c1-15-5-10-22(21(11-15)28(2,3)4)37-27(36)16-6-8-19(9-7-16)32-24-23(31)25(34)33(26(24)35)20-13-17(29)12-18(30)14-20/h5-14,32H,1-4H3. The van der Waals surface area contributed by atoms with E-state index in [9.17, 15) is 14.4 Å². The molecular formula is C28H23Cl3N2O4. The van der Waals surface area contributed by atoms with E-state index in [4.69, 9.17) is 39.5 Å². The average Bonchev–Trinajstić information content (AvgIpc) is 3.02. The molecule has 0 spiro atoms. The van der Waals surface area contributed by atoms with Gasteiger partial charge in [-0.1, -0.05) is 73.3 Å². The van der Waals surface area contributed by atoms with Crippen molar-refractivity contribution in [1.82, 2.24) is 0 Å². The van der Waals surface area contributed by atoms with Crippen LogP contribution in [-0.2, 0) is 15.0 Å². The number of nitrogens with one attached hydrogen (secondary N) is 1. The number of hydrogen-bond acceptors (Lipinski definition) is 5. The molecule has 0 saturated carbocycles. The molecule has 0 bridgehead atoms. The van der Waals surface area contributed by atoms with Gasteiger partial charge in [-0.05, 0) is 60.9 Å². The van der Waals surface area contributed by atoms with Crippen molar-refractivity contribution in [1.29, 1.82) is 0 Å². The van der Waals surface area contributed by atoms with Gasteiger partial charge in [-0.3, -0.25) is 9.59 Å². The van der Waals surface area contributed by atoms with Crippen LogP contribution in [0.4, 0.5) is 11.4 Å². The molecule has 190 valence electrons. The minimum absolute atomic E-state index is 0.104. The van der Waals surface area contributed by atoms with E-state index < -0.39 is 17.8 Å². The molecule has 0 aromatic heterocycles. The highest BCUT2D eigenvalue weighted by molar-refractivity contribution is 6.53. The Morgan fingerprint density at radius 3 is 2.08 bits per heavy atom. The van der Waals surface area contributed by atoms with Crippen molar-refractivity contribution in [2.75, 3.05) is 10.2 Å². The number of carbonyl (C=O) groups excluding carboxylic acids is 3. The zero-order chi connectivity index (χ0) is 27.1. The van der Waals surface area contributed by atoms with Crippen LogP contribution in [0.2, 0.25) is 10.0 Å². The molecule has 3 aromatic carbocycles. The molecule has 4 rings (SSSR count). The Morgan fingerprint density at radius 2 is 1.49 bits per heavy atom. The van der Waals surface area contributed by atoms with Crippen molar-refractivity contribution < 1.29 is 19.1 Å². The minimum Gasteiger partial charge on any atom is -0.423 e. The van der Waals surface area contributed by atoms with Gasteiger partial charge in [0.05, 0.1) is 11.3 Å². The summed E-state index contributed by atoms with van der Waals surface area (Å²) in [6.07, 6.45) is 0. The Hall–Kier alpha value is -3.32. The molecule has 2 amide bonds. The number of aryl methyl sites for hydroxylation is 1. The number of benzene rings is 3. The van der Waals surface area contributed by atoms with Gasteiger partial charge >= 0.3 is 5.97 Å². The molecule has 6 nitrogen and oxygen atoms in total. The number of anilines is 2. The fraction of sp³-hybridized carbons (Fsp3) is 0.179. The number of hydrogen-bond donors (Lipinski definition) is 1. The summed E-state index contributed by atoms with van der Waals surface area (Å²) in [5, 5.41) is 3.12. The molecule has 1 heterocycles. The van der Waals surface area contributed by atoms with Crippen LogP contribution in [0.5, 0.6) is 5.75 Å². The second kappa shape index (κ2) is 10.2. The molecule has 37 heavy (non-hydrogen) atoms. The van der Waals surface area contributed by atoms with Crippen molar-refractivity contribution >= 4 is 64.0 Å². The molecule has 3 aromatic rings. The second-order valence-electron chi connectivity index (χ2n) is 9.60. The van der Waals surface area contributed by atoms with E-state index in [-0.39, 0.29) is 31.9 Å². The maximum absolute atomic E-state index is 13.0. The molecule has 0 atom stereocenters. The largest absolute Gasteiger partial charge is 0.423 e. The molecule has 0 radical (unpaired) electrons. The smallest absolute Gasteiger partial charge is 0.343 e. The zero-order valence-corrected chi connectivity index (χ0v) is 22.8. The maximum atomic E-state index is 13.0. The van der Waals surface area contributed by atoms with Crippen LogP contribution < -0.4 is 15.0 Å². The van der Waals surface area contributed by atoms with Crippen molar-refractivity contribution in [2.45, 2.75) is 33.1 Å². The third-order valence-corrected chi connectivity index (χ3v) is 6.46. The summed E-state index contributed by atoms with van der Waals surface area (Å²) in [4.78, 5) is 39.4. The van der Waals surface area contributed by atoms with Gasteiger partial charge in [-0.15, -0.1) is 0 Å². The molecule has 0 aliphatic carbocycles. The van der Waals surface area contributed by atoms with E-state index in [1.54, 1.807) is 30.3 Å². The average molecular weight is 558 g/mol. The minimum atomic E-state index is -0.708. The summed E-state index contributed by atoms with van der Waals surface area (Å²) >= 11 is 18.2. The third kappa shape index (κ3) is 5.67. The molecular weight excluding hydrogens is 535 g/mol. The summed E-state index contributed by atoms with van der Waals surface area (Å²) in [6, 6.07) is 16.3. The second-order valence-corrected chi connectivity index (χ2v) is 10.9. The van der Waals surface area contributed by atoms with Crippen molar-refractivity contribution in [3.05, 3.63) is 98.1 Å². The van der Waals surface area contributed by atoms with E-state index in [0.29, 0.717) is 17.0 Å². The van der Waals surface area contributed by atoms with Crippen LogP contribution in [0.15, 0.2) is 71.4 Å². The van der Waals surface area contributed by atoms with Crippen LogP contribution in [0.25, 0.3) is 0 Å². The number of esters is 1. The molecule has 0 saturated heterocycles. The van der Waals surface area contributed by atoms with Crippen LogP contribution in [-0.4, -0.2) is 17.8 Å². The van der Waals surface area contributed by atoms with Gasteiger partial charge in [0.1, 0.15) is 16.5 Å².